The van der Waals surface area contributed by atoms with E-state index in [1.165, 1.54) is 30.3 Å². The third kappa shape index (κ3) is 9.29. The van der Waals surface area contributed by atoms with Gasteiger partial charge in [-0.15, -0.1) is 5.11 Å². The average Bonchev–Trinajstić information content (AvgIpc) is 2.71. The zero-order valence-corrected chi connectivity index (χ0v) is 19.9. The van der Waals surface area contributed by atoms with E-state index in [1.807, 2.05) is 21.1 Å². The predicted molar refractivity (Wildman–Crippen MR) is 120 cm³/mol. The van der Waals surface area contributed by atoms with Gasteiger partial charge in [-0.3, -0.25) is 9.36 Å². The lowest BCUT2D eigenvalue weighted by Crippen LogP contribution is -2.37. The van der Waals surface area contributed by atoms with E-state index in [-0.39, 0.29) is 30.2 Å². The van der Waals surface area contributed by atoms with Gasteiger partial charge < -0.3 is 34.0 Å². The number of aliphatic carboxylic acids is 1. The summed E-state index contributed by atoms with van der Waals surface area (Å²) in [5.41, 5.74) is 1.21. The number of nitrogens with one attached hydrogen (secondary N) is 1. The van der Waals surface area contributed by atoms with Crippen LogP contribution in [-0.2, 0) is 20.3 Å². The van der Waals surface area contributed by atoms with E-state index in [0.29, 0.717) is 22.3 Å². The number of benzene rings is 2. The number of quaternary nitrogens is 1. The number of hydrogen-bond donors (Lipinski definition) is 3. The van der Waals surface area contributed by atoms with Crippen LogP contribution in [0.4, 0.5) is 11.4 Å². The highest BCUT2D eigenvalue weighted by Crippen LogP contribution is 2.40. The molecule has 2 aromatic carbocycles. The Morgan fingerprint density at radius 2 is 1.85 bits per heavy atom. The molecule has 33 heavy (non-hydrogen) atoms. The van der Waals surface area contributed by atoms with Crippen molar-refractivity contribution in [2.45, 2.75) is 12.5 Å². The van der Waals surface area contributed by atoms with Crippen molar-refractivity contribution in [1.29, 1.82) is 0 Å². The van der Waals surface area contributed by atoms with Crippen LogP contribution in [0.1, 0.15) is 5.56 Å². The van der Waals surface area contributed by atoms with Crippen molar-refractivity contribution in [2.24, 2.45) is 10.2 Å². The maximum absolute atomic E-state index is 12.0. The van der Waals surface area contributed by atoms with Gasteiger partial charge in [-0.25, -0.2) is 0 Å². The van der Waals surface area contributed by atoms with Crippen LogP contribution in [0.25, 0.3) is 0 Å². The van der Waals surface area contributed by atoms with Gasteiger partial charge in [-0.2, -0.15) is 5.11 Å². The number of aromatic hydroxyl groups is 1. The summed E-state index contributed by atoms with van der Waals surface area (Å²) >= 11 is 0. The lowest BCUT2D eigenvalue weighted by atomic mass is 10.1. The first-order chi connectivity index (χ1) is 15.4. The number of carbonyl (C=O) groups is 1. The number of phenols is 1. The number of carboxylic acids is 1. The van der Waals surface area contributed by atoms with Crippen molar-refractivity contribution in [1.82, 2.24) is 5.32 Å². The van der Waals surface area contributed by atoms with Crippen molar-refractivity contribution < 1.29 is 38.0 Å². The Balaban J connectivity index is 2.03. The average molecular weight is 480 g/mol. The first kappa shape index (κ1) is 26.4. The molecule has 12 heteroatoms. The fourth-order valence-electron chi connectivity index (χ4n) is 2.59. The van der Waals surface area contributed by atoms with Gasteiger partial charge in [-0.05, 0) is 55.4 Å². The lowest BCUT2D eigenvalue weighted by molar-refractivity contribution is -0.870. The first-order valence-corrected chi connectivity index (χ1v) is 11.5. The molecule has 180 valence electrons. The first-order valence-electron chi connectivity index (χ1n) is 10.1. The molecule has 0 aliphatic rings. The monoisotopic (exact) mass is 480 g/mol. The van der Waals surface area contributed by atoms with E-state index >= 15 is 0 Å². The van der Waals surface area contributed by atoms with Crippen molar-refractivity contribution in [3.8, 4) is 11.5 Å². The SMILES string of the molecule is CNC(Cc1ccc(O)c(/N=N/c2ccc(OP(=O)([O-])OCC[N+](C)(C)C)cc2)c1)C(=O)O. The molecule has 0 aromatic heterocycles. The minimum atomic E-state index is -4.51. The molecular formula is C21H29N4O7P. The molecule has 11 nitrogen and oxygen atoms in total. The molecule has 2 aromatic rings. The van der Waals surface area contributed by atoms with Crippen LogP contribution in [0, 0.1) is 0 Å². The molecule has 0 heterocycles. The van der Waals surface area contributed by atoms with Gasteiger partial charge in [0.05, 0.1) is 26.8 Å². The summed E-state index contributed by atoms with van der Waals surface area (Å²) < 4.78 is 22.3. The second kappa shape index (κ2) is 11.4. The topological polar surface area (TPSA) is 153 Å². The second-order valence-electron chi connectivity index (χ2n) is 8.29. The van der Waals surface area contributed by atoms with Gasteiger partial charge in [-0.1, -0.05) is 6.07 Å². The number of phenolic OH excluding ortho intramolecular Hbond substituents is 1. The number of azo groups is 1. The quantitative estimate of drug-likeness (QED) is 0.238. The molecule has 0 saturated heterocycles. The van der Waals surface area contributed by atoms with Gasteiger partial charge in [0, 0.05) is 0 Å². The maximum Gasteiger partial charge on any atom is 0.321 e. The summed E-state index contributed by atoms with van der Waals surface area (Å²) in [6.45, 7) is 0.496. The van der Waals surface area contributed by atoms with Gasteiger partial charge >= 0.3 is 13.8 Å². The molecule has 0 saturated carbocycles. The summed E-state index contributed by atoms with van der Waals surface area (Å²) in [6.07, 6.45) is 0.201. The molecule has 0 radical (unpaired) electrons. The van der Waals surface area contributed by atoms with E-state index in [1.54, 1.807) is 19.2 Å². The zero-order chi connectivity index (χ0) is 24.6. The number of hydrogen-bond acceptors (Lipinski definition) is 9. The van der Waals surface area contributed by atoms with Crippen LogP contribution < -0.4 is 14.7 Å². The summed E-state index contributed by atoms with van der Waals surface area (Å²) in [7, 11) is 2.79. The highest BCUT2D eigenvalue weighted by atomic mass is 31.2. The summed E-state index contributed by atoms with van der Waals surface area (Å²) in [6, 6.07) is 9.59. The van der Waals surface area contributed by atoms with Gasteiger partial charge in [0.25, 0.3) is 0 Å². The maximum atomic E-state index is 12.0. The number of phosphoric ester groups is 1. The minimum absolute atomic E-state index is 0.000656. The van der Waals surface area contributed by atoms with Crippen molar-refractivity contribution >= 4 is 25.2 Å². The lowest BCUT2D eigenvalue weighted by Gasteiger charge is -2.27. The third-order valence-electron chi connectivity index (χ3n) is 4.46. The van der Waals surface area contributed by atoms with Gasteiger partial charge in [0.2, 0.25) is 0 Å². The molecular weight excluding hydrogens is 451 g/mol. The molecule has 0 spiro atoms. The van der Waals surface area contributed by atoms with Crippen LogP contribution in [0.2, 0.25) is 0 Å². The molecule has 0 bridgehead atoms. The van der Waals surface area contributed by atoms with Crippen LogP contribution in [0.15, 0.2) is 52.7 Å². The largest absolute Gasteiger partial charge is 0.746 e. The molecule has 0 aliphatic heterocycles. The minimum Gasteiger partial charge on any atom is -0.746 e. The van der Waals surface area contributed by atoms with E-state index < -0.39 is 19.8 Å². The predicted octanol–water partition coefficient (Wildman–Crippen LogP) is 2.59. The number of rotatable bonds is 12. The molecule has 0 amide bonds. The number of carboxylic acid groups (broad SMARTS) is 1. The summed E-state index contributed by atoms with van der Waals surface area (Å²) in [5, 5.41) is 29.9. The smallest absolute Gasteiger partial charge is 0.321 e. The molecule has 0 aliphatic carbocycles. The van der Waals surface area contributed by atoms with E-state index in [2.05, 4.69) is 15.5 Å². The van der Waals surface area contributed by atoms with Crippen molar-refractivity contribution in [2.75, 3.05) is 41.3 Å². The Morgan fingerprint density at radius 3 is 2.42 bits per heavy atom. The summed E-state index contributed by atoms with van der Waals surface area (Å²) in [5.74, 6) is -1.04. The number of phosphoric acid groups is 1. The van der Waals surface area contributed by atoms with E-state index in [4.69, 9.17) is 14.2 Å². The third-order valence-corrected chi connectivity index (χ3v) is 5.40. The zero-order valence-electron chi connectivity index (χ0n) is 19.0. The standard InChI is InChI=1S/C21H29N4O7P/c1-22-19(21(27)28)14-15-5-10-20(26)18(13-15)24-23-16-6-8-17(9-7-16)32-33(29,30)31-12-11-25(2,3)4/h5-10,13,19,22H,11-12,14H2,1-4H3,(H2-,23,26,27,28,29,30). The van der Waals surface area contributed by atoms with Crippen LogP contribution in [0.5, 0.6) is 11.5 Å². The molecule has 2 rings (SSSR count). The second-order valence-corrected chi connectivity index (χ2v) is 9.62. The fraction of sp³-hybridized carbons (Fsp3) is 0.381. The van der Waals surface area contributed by atoms with Crippen LogP contribution >= 0.6 is 7.82 Å². The van der Waals surface area contributed by atoms with Crippen LogP contribution in [0.3, 0.4) is 0 Å². The Bertz CT molecular complexity index is 1020. The van der Waals surface area contributed by atoms with E-state index in [9.17, 15) is 19.4 Å². The van der Waals surface area contributed by atoms with Gasteiger partial charge in [0.15, 0.2) is 0 Å². The molecule has 0 fully saturated rings. The summed E-state index contributed by atoms with van der Waals surface area (Å²) in [4.78, 5) is 23.1. The van der Waals surface area contributed by atoms with Crippen LogP contribution in [-0.4, -0.2) is 68.0 Å². The van der Waals surface area contributed by atoms with Crippen molar-refractivity contribution in [3.63, 3.8) is 0 Å². The molecule has 2 unspecified atom stereocenters. The highest BCUT2D eigenvalue weighted by Gasteiger charge is 2.16. The Labute approximate surface area is 192 Å². The number of likely N-dealkylation sites (N-methyl/N-ethyl adjacent to an activating group) is 2. The molecule has 3 N–H and O–H groups in total. The van der Waals surface area contributed by atoms with Crippen molar-refractivity contribution in [3.05, 3.63) is 48.0 Å². The Hall–Kier alpha value is -2.82. The normalized spacial score (nSPS) is 14.7. The Kier molecular flexibility index (Phi) is 9.09. The van der Waals surface area contributed by atoms with E-state index in [0.717, 1.165) is 0 Å². The molecule has 2 atom stereocenters. The Morgan fingerprint density at radius 1 is 1.18 bits per heavy atom. The fourth-order valence-corrected chi connectivity index (χ4v) is 3.33. The number of nitrogens with zero attached hydrogens (tertiary/aromatic N) is 3. The highest BCUT2D eigenvalue weighted by molar-refractivity contribution is 7.46. The van der Waals surface area contributed by atoms with Gasteiger partial charge in [0.1, 0.15) is 36.4 Å².